The zero-order chi connectivity index (χ0) is 13.8. The Balaban J connectivity index is 1.81. The predicted octanol–water partition coefficient (Wildman–Crippen LogP) is 5.11. The van der Waals surface area contributed by atoms with E-state index >= 15 is 0 Å². The van der Waals surface area contributed by atoms with E-state index in [2.05, 4.69) is 30.4 Å². The van der Waals surface area contributed by atoms with Crippen molar-refractivity contribution in [2.45, 2.75) is 76.7 Å². The van der Waals surface area contributed by atoms with Crippen LogP contribution in [-0.4, -0.2) is 6.54 Å². The van der Waals surface area contributed by atoms with E-state index in [0.29, 0.717) is 6.04 Å². The largest absolute Gasteiger partial charge is 0.310 e. The average Bonchev–Trinajstić information content (AvgIpc) is 2.53. The van der Waals surface area contributed by atoms with Crippen molar-refractivity contribution < 1.29 is 0 Å². The highest BCUT2D eigenvalue weighted by Gasteiger charge is 2.22. The second kappa shape index (κ2) is 6.76. The lowest BCUT2D eigenvalue weighted by Crippen LogP contribution is -2.26. The van der Waals surface area contributed by atoms with Gasteiger partial charge in [0.05, 0.1) is 0 Å². The van der Waals surface area contributed by atoms with Crippen LogP contribution < -0.4 is 5.32 Å². The summed E-state index contributed by atoms with van der Waals surface area (Å²) in [6, 6.07) is 8.02. The van der Waals surface area contributed by atoms with E-state index in [0.717, 1.165) is 12.5 Å². The maximum absolute atomic E-state index is 3.76. The first-order valence-electron chi connectivity index (χ1n) is 8.74. The second-order valence-electron chi connectivity index (χ2n) is 6.69. The Hall–Kier alpha value is -0.820. The molecule has 0 aliphatic heterocycles. The summed E-state index contributed by atoms with van der Waals surface area (Å²) < 4.78 is 0. The fraction of sp³-hybridized carbons (Fsp3) is 0.684. The number of hydrogen-bond donors (Lipinski definition) is 1. The fourth-order valence-electron chi connectivity index (χ4n) is 4.04. The van der Waals surface area contributed by atoms with E-state index in [1.165, 1.54) is 57.8 Å². The van der Waals surface area contributed by atoms with Gasteiger partial charge in [-0.15, -0.1) is 0 Å². The highest BCUT2D eigenvalue weighted by Crippen LogP contribution is 2.37. The van der Waals surface area contributed by atoms with E-state index in [1.807, 2.05) is 0 Å². The smallest absolute Gasteiger partial charge is 0.0323 e. The first-order valence-corrected chi connectivity index (χ1v) is 8.74. The van der Waals surface area contributed by atoms with Gasteiger partial charge < -0.3 is 5.32 Å². The molecule has 1 atom stereocenters. The molecule has 110 valence electrons. The van der Waals surface area contributed by atoms with Crippen molar-refractivity contribution in [3.63, 3.8) is 0 Å². The summed E-state index contributed by atoms with van der Waals surface area (Å²) >= 11 is 0. The van der Waals surface area contributed by atoms with Crippen LogP contribution in [0, 0.1) is 0 Å². The minimum absolute atomic E-state index is 0.613. The minimum Gasteiger partial charge on any atom is -0.310 e. The van der Waals surface area contributed by atoms with E-state index < -0.39 is 0 Å². The molecule has 20 heavy (non-hydrogen) atoms. The van der Waals surface area contributed by atoms with Gasteiger partial charge >= 0.3 is 0 Å². The highest BCUT2D eigenvalue weighted by molar-refractivity contribution is 5.37. The number of fused-ring (bicyclic) bond motifs is 1. The van der Waals surface area contributed by atoms with Gasteiger partial charge in [-0.25, -0.2) is 0 Å². The number of rotatable bonds is 4. The first kappa shape index (κ1) is 14.1. The molecule has 1 saturated carbocycles. The van der Waals surface area contributed by atoms with Crippen LogP contribution in [0.4, 0.5) is 0 Å². The molecule has 1 fully saturated rings. The summed E-state index contributed by atoms with van der Waals surface area (Å²) in [5, 5.41) is 3.76. The molecule has 2 aliphatic carbocycles. The Bertz CT molecular complexity index is 431. The fourth-order valence-corrected chi connectivity index (χ4v) is 4.04. The summed E-state index contributed by atoms with van der Waals surface area (Å²) in [4.78, 5) is 0. The van der Waals surface area contributed by atoms with Crippen molar-refractivity contribution >= 4 is 0 Å². The van der Waals surface area contributed by atoms with Crippen LogP contribution in [0.5, 0.6) is 0 Å². The first-order chi connectivity index (χ1) is 9.88. The van der Waals surface area contributed by atoms with Crippen LogP contribution in [-0.2, 0) is 6.42 Å². The molecule has 0 aromatic heterocycles. The van der Waals surface area contributed by atoms with Crippen molar-refractivity contribution in [2.24, 2.45) is 0 Å². The monoisotopic (exact) mass is 271 g/mol. The van der Waals surface area contributed by atoms with Crippen molar-refractivity contribution in [2.75, 3.05) is 6.54 Å². The molecule has 0 amide bonds. The van der Waals surface area contributed by atoms with Crippen LogP contribution in [0.1, 0.15) is 86.9 Å². The Kier molecular flexibility index (Phi) is 4.77. The molecule has 0 spiro atoms. The number of benzene rings is 1. The number of aryl methyl sites for hydroxylation is 1. The maximum atomic E-state index is 3.76. The molecule has 0 radical (unpaired) electrons. The average molecular weight is 271 g/mol. The van der Waals surface area contributed by atoms with Crippen LogP contribution in [0.2, 0.25) is 0 Å². The topological polar surface area (TPSA) is 12.0 Å². The highest BCUT2D eigenvalue weighted by atomic mass is 14.9. The summed E-state index contributed by atoms with van der Waals surface area (Å²) in [5.74, 6) is 0.836. The van der Waals surface area contributed by atoms with Crippen molar-refractivity contribution in [1.82, 2.24) is 5.32 Å². The Morgan fingerprint density at radius 2 is 1.90 bits per heavy atom. The van der Waals surface area contributed by atoms with Crippen LogP contribution in [0.25, 0.3) is 0 Å². The molecule has 0 saturated heterocycles. The standard InChI is InChI=1S/C19H29N/c1-2-13-20-19-10-6-9-16-11-12-17(14-18(16)19)15-7-4-3-5-8-15/h11-12,14-15,19-20H,2-10,13H2,1H3. The van der Waals surface area contributed by atoms with Gasteiger partial charge in [0.2, 0.25) is 0 Å². The number of hydrogen-bond acceptors (Lipinski definition) is 1. The third-order valence-corrected chi connectivity index (χ3v) is 5.20. The normalized spacial score (nSPS) is 23.6. The van der Waals surface area contributed by atoms with Gasteiger partial charge in [-0.3, -0.25) is 0 Å². The lowest BCUT2D eigenvalue weighted by molar-refractivity contribution is 0.438. The third-order valence-electron chi connectivity index (χ3n) is 5.20. The van der Waals surface area contributed by atoms with Crippen LogP contribution in [0.15, 0.2) is 18.2 Å². The van der Waals surface area contributed by atoms with E-state index in [1.54, 1.807) is 16.7 Å². The molecule has 0 heterocycles. The summed E-state index contributed by atoms with van der Waals surface area (Å²) in [7, 11) is 0. The van der Waals surface area contributed by atoms with Gasteiger partial charge in [0.25, 0.3) is 0 Å². The molecular weight excluding hydrogens is 242 g/mol. The van der Waals surface area contributed by atoms with Gasteiger partial charge in [-0.05, 0) is 67.7 Å². The SMILES string of the molecule is CCCNC1CCCc2ccc(C3CCCCC3)cc21. The summed E-state index contributed by atoms with van der Waals surface area (Å²) in [6.07, 6.45) is 12.3. The molecule has 1 aromatic rings. The minimum atomic E-state index is 0.613. The molecular formula is C19H29N. The van der Waals surface area contributed by atoms with Gasteiger partial charge in [0, 0.05) is 6.04 Å². The molecule has 1 nitrogen and oxygen atoms in total. The lowest BCUT2D eigenvalue weighted by Gasteiger charge is -2.29. The Morgan fingerprint density at radius 3 is 2.70 bits per heavy atom. The van der Waals surface area contributed by atoms with Gasteiger partial charge in [0.1, 0.15) is 0 Å². The molecule has 1 unspecified atom stereocenters. The molecule has 0 bridgehead atoms. The van der Waals surface area contributed by atoms with E-state index in [9.17, 15) is 0 Å². The Labute approximate surface area is 124 Å². The zero-order valence-corrected chi connectivity index (χ0v) is 13.0. The van der Waals surface area contributed by atoms with Crippen LogP contribution in [0.3, 0.4) is 0 Å². The van der Waals surface area contributed by atoms with Crippen LogP contribution >= 0.6 is 0 Å². The zero-order valence-electron chi connectivity index (χ0n) is 13.0. The summed E-state index contributed by atoms with van der Waals surface area (Å²) in [6.45, 7) is 3.41. The van der Waals surface area contributed by atoms with Gasteiger partial charge in [-0.1, -0.05) is 44.4 Å². The predicted molar refractivity (Wildman–Crippen MR) is 86.2 cm³/mol. The van der Waals surface area contributed by atoms with Crippen molar-refractivity contribution in [3.8, 4) is 0 Å². The quantitative estimate of drug-likeness (QED) is 0.802. The van der Waals surface area contributed by atoms with E-state index in [4.69, 9.17) is 0 Å². The van der Waals surface area contributed by atoms with Crippen molar-refractivity contribution in [1.29, 1.82) is 0 Å². The molecule has 1 N–H and O–H groups in total. The Morgan fingerprint density at radius 1 is 1.05 bits per heavy atom. The maximum Gasteiger partial charge on any atom is 0.0323 e. The molecule has 3 rings (SSSR count). The van der Waals surface area contributed by atoms with E-state index in [-0.39, 0.29) is 0 Å². The molecule has 1 heteroatoms. The number of nitrogens with one attached hydrogen (secondary N) is 1. The van der Waals surface area contributed by atoms with Gasteiger partial charge in [0.15, 0.2) is 0 Å². The van der Waals surface area contributed by atoms with Crippen molar-refractivity contribution in [3.05, 3.63) is 34.9 Å². The molecule has 2 aliphatic rings. The molecule has 1 aromatic carbocycles. The summed E-state index contributed by atoms with van der Waals surface area (Å²) in [5.41, 5.74) is 4.84. The second-order valence-corrected chi connectivity index (χ2v) is 6.69. The lowest BCUT2D eigenvalue weighted by atomic mass is 9.80. The van der Waals surface area contributed by atoms with Gasteiger partial charge in [-0.2, -0.15) is 0 Å². The third kappa shape index (κ3) is 3.09.